The summed E-state index contributed by atoms with van der Waals surface area (Å²) in [6.07, 6.45) is 13.2. The van der Waals surface area contributed by atoms with Gasteiger partial charge in [-0.25, -0.2) is 0 Å². The van der Waals surface area contributed by atoms with Crippen molar-refractivity contribution in [3.05, 3.63) is 48.1 Å². The first kappa shape index (κ1) is 43.5. The molecule has 5 aliphatic carbocycles. The Kier molecular flexibility index (Phi) is 11.3. The number of aliphatic carboxylic acids is 1. The van der Waals surface area contributed by atoms with Crippen LogP contribution in [0.1, 0.15) is 132 Å². The quantitative estimate of drug-likeness (QED) is 0.150. The van der Waals surface area contributed by atoms with E-state index in [1.165, 1.54) is 5.57 Å². The number of ether oxygens (including phenoxy) is 2. The zero-order valence-corrected chi connectivity index (χ0v) is 37.5. The highest BCUT2D eigenvalue weighted by atomic mass is 16.5. The van der Waals surface area contributed by atoms with Gasteiger partial charge in [-0.1, -0.05) is 58.9 Å². The molecule has 5 saturated carbocycles. The number of carboxylic acid groups (broad SMARTS) is 1. The molecule has 59 heavy (non-hydrogen) atoms. The van der Waals surface area contributed by atoms with Gasteiger partial charge in [-0.15, -0.1) is 0 Å². The van der Waals surface area contributed by atoms with Crippen molar-refractivity contribution < 1.29 is 33.8 Å². The summed E-state index contributed by atoms with van der Waals surface area (Å²) in [4.78, 5) is 57.3. The zero-order chi connectivity index (χ0) is 42.9. The molecule has 1 saturated heterocycles. The first-order valence-corrected chi connectivity index (χ1v) is 22.6. The summed E-state index contributed by atoms with van der Waals surface area (Å²) in [5, 5.41) is 9.65. The average molecular weight is 813 g/mol. The topological polar surface area (TPSA) is 113 Å². The van der Waals surface area contributed by atoms with E-state index in [1.54, 1.807) is 27.0 Å². The van der Waals surface area contributed by atoms with Crippen LogP contribution in [-0.4, -0.2) is 78.1 Å². The fourth-order valence-corrected chi connectivity index (χ4v) is 14.8. The molecule has 9 heteroatoms. The van der Waals surface area contributed by atoms with Gasteiger partial charge in [0, 0.05) is 37.7 Å². The van der Waals surface area contributed by atoms with Crippen LogP contribution < -0.4 is 4.74 Å². The maximum absolute atomic E-state index is 15.1. The largest absolute Gasteiger partial charge is 0.497 e. The molecule has 6 fully saturated rings. The maximum atomic E-state index is 15.1. The number of carboxylic acids is 1. The van der Waals surface area contributed by atoms with Gasteiger partial charge < -0.3 is 24.4 Å². The molecule has 2 amide bonds. The van der Waals surface area contributed by atoms with Crippen LogP contribution in [0.25, 0.3) is 6.08 Å². The van der Waals surface area contributed by atoms with Crippen LogP contribution in [-0.2, 0) is 23.9 Å². The Bertz CT molecular complexity index is 1880. The lowest BCUT2D eigenvalue weighted by atomic mass is 9.32. The molecule has 0 aromatic heterocycles. The van der Waals surface area contributed by atoms with Gasteiger partial charge in [0.1, 0.15) is 11.9 Å². The van der Waals surface area contributed by atoms with Gasteiger partial charge >= 0.3 is 11.9 Å². The molecule has 324 valence electrons. The Labute approximate surface area is 353 Å². The second kappa shape index (κ2) is 15.4. The van der Waals surface area contributed by atoms with E-state index in [0.717, 1.165) is 75.5 Å². The minimum Gasteiger partial charge on any atom is -0.497 e. The normalized spacial score (nSPS) is 37.7. The number of benzene rings is 1. The van der Waals surface area contributed by atoms with Crippen molar-refractivity contribution in [2.45, 2.75) is 132 Å². The van der Waals surface area contributed by atoms with Crippen LogP contribution in [0.2, 0.25) is 0 Å². The summed E-state index contributed by atoms with van der Waals surface area (Å²) in [5.74, 6) is 1.57. The van der Waals surface area contributed by atoms with Crippen molar-refractivity contribution in [1.82, 2.24) is 9.80 Å². The summed E-state index contributed by atoms with van der Waals surface area (Å²) < 4.78 is 11.5. The molecule has 7 rings (SSSR count). The second-order valence-electron chi connectivity index (χ2n) is 21.8. The highest BCUT2D eigenvalue weighted by molar-refractivity contribution is 5.92. The van der Waals surface area contributed by atoms with Crippen LogP contribution in [0.3, 0.4) is 0 Å². The second-order valence-corrected chi connectivity index (χ2v) is 21.8. The monoisotopic (exact) mass is 813 g/mol. The fourth-order valence-electron chi connectivity index (χ4n) is 14.8. The van der Waals surface area contributed by atoms with Crippen LogP contribution in [0, 0.1) is 62.1 Å². The Morgan fingerprint density at radius 3 is 2.22 bits per heavy atom. The van der Waals surface area contributed by atoms with Crippen molar-refractivity contribution in [3.63, 3.8) is 0 Å². The van der Waals surface area contributed by atoms with E-state index < -0.39 is 22.8 Å². The van der Waals surface area contributed by atoms with Gasteiger partial charge in [0.2, 0.25) is 11.8 Å². The first-order valence-electron chi connectivity index (χ1n) is 22.6. The molecular formula is C50H72N2O7. The van der Waals surface area contributed by atoms with Crippen LogP contribution in [0.15, 0.2) is 42.5 Å². The molecule has 1 aliphatic heterocycles. The van der Waals surface area contributed by atoms with Gasteiger partial charge in [-0.3, -0.25) is 19.2 Å². The number of piperazine rings is 1. The van der Waals surface area contributed by atoms with E-state index in [-0.39, 0.29) is 46.0 Å². The molecule has 0 bridgehead atoms. The highest BCUT2D eigenvalue weighted by Gasteiger charge is 2.72. The van der Waals surface area contributed by atoms with E-state index >= 15 is 4.79 Å². The first-order chi connectivity index (χ1) is 27.6. The zero-order valence-electron chi connectivity index (χ0n) is 37.5. The number of amides is 2. The van der Waals surface area contributed by atoms with Crippen molar-refractivity contribution >= 4 is 29.8 Å². The fraction of sp³-hybridized carbons (Fsp3) is 0.720. The van der Waals surface area contributed by atoms with E-state index in [0.29, 0.717) is 55.8 Å². The minimum atomic E-state index is -1.16. The number of carbonyl (C=O) groups excluding carboxylic acids is 3. The molecule has 6 aliphatic rings. The summed E-state index contributed by atoms with van der Waals surface area (Å²) in [6.45, 7) is 24.4. The number of allylic oxidation sites excluding steroid dienone is 1. The molecule has 1 N–H and O–H groups in total. The molecule has 1 aromatic carbocycles. The number of hydrogen-bond acceptors (Lipinski definition) is 6. The summed E-state index contributed by atoms with van der Waals surface area (Å²) in [7, 11) is 1.64. The molecule has 0 unspecified atom stereocenters. The number of esters is 1. The molecular weight excluding hydrogens is 741 g/mol. The Morgan fingerprint density at radius 1 is 0.864 bits per heavy atom. The number of rotatable bonds is 9. The number of nitrogens with zero attached hydrogens (tertiary/aromatic N) is 2. The third-order valence-corrected chi connectivity index (χ3v) is 18.3. The predicted octanol–water partition coefficient (Wildman–Crippen LogP) is 9.45. The van der Waals surface area contributed by atoms with E-state index in [2.05, 4.69) is 53.0 Å². The standard InChI is InChI=1S/C50H72N2O7/c1-32(2)35-18-23-50(43(55)52-28-26-51(27-29-52)40(53)17-14-33-12-11-13-34(30-33)58-10)25-24-48(8)36(42(35)50)15-16-38-47(7)21-20-39(59-41(54)31-45(3,4)44(56)57)46(5,6)37(47)19-22-49(38,48)9/h11-14,17,30,35-39,42H,1,15-16,18-29,31H2,2-10H3,(H,56,57)/b17-14+/t35-,36+,37-,38+,39-,42+,47-,48+,49+,50-/m0/s1. The van der Waals surface area contributed by atoms with Gasteiger partial charge in [0.15, 0.2) is 0 Å². The summed E-state index contributed by atoms with van der Waals surface area (Å²) in [6, 6.07) is 7.66. The maximum Gasteiger partial charge on any atom is 0.309 e. The third kappa shape index (κ3) is 7.06. The molecule has 1 heterocycles. The lowest BCUT2D eigenvalue weighted by molar-refractivity contribution is -0.250. The Morgan fingerprint density at radius 2 is 1.56 bits per heavy atom. The van der Waals surface area contributed by atoms with E-state index in [4.69, 9.17) is 9.47 Å². The number of hydrogen-bond donors (Lipinski definition) is 1. The van der Waals surface area contributed by atoms with Gasteiger partial charge in [0.25, 0.3) is 0 Å². The van der Waals surface area contributed by atoms with Crippen LogP contribution in [0.4, 0.5) is 0 Å². The molecule has 1 aromatic rings. The number of carbonyl (C=O) groups is 4. The summed E-state index contributed by atoms with van der Waals surface area (Å²) >= 11 is 0. The smallest absolute Gasteiger partial charge is 0.309 e. The van der Waals surface area contributed by atoms with Gasteiger partial charge in [-0.2, -0.15) is 0 Å². The van der Waals surface area contributed by atoms with Crippen LogP contribution >= 0.6 is 0 Å². The SMILES string of the molecule is C=C(C)[C@@H]1CC[C@]2(C(=O)N3CCN(C(=O)/C=C/c4cccc(OC)c4)CC3)CC[C@]3(C)[C@H](CC[C@@H]4[C@@]5(C)CC[C@H](OC(=O)CC(C)(C)C(=O)O)C(C)(C)[C@@H]5CC[C@]43C)[C@@H]12. The van der Waals surface area contributed by atoms with Crippen molar-refractivity contribution in [2.75, 3.05) is 33.3 Å². The van der Waals surface area contributed by atoms with E-state index in [1.807, 2.05) is 35.2 Å². The lowest BCUT2D eigenvalue weighted by Crippen LogP contribution is -2.68. The molecule has 0 radical (unpaired) electrons. The minimum absolute atomic E-state index is 0.0290. The molecule has 10 atom stereocenters. The van der Waals surface area contributed by atoms with Crippen LogP contribution in [0.5, 0.6) is 5.75 Å². The number of fused-ring (bicyclic) bond motifs is 7. The van der Waals surface area contributed by atoms with Gasteiger partial charge in [0.05, 0.1) is 24.4 Å². The van der Waals surface area contributed by atoms with Crippen molar-refractivity contribution in [3.8, 4) is 5.75 Å². The Balaban J connectivity index is 1.07. The van der Waals surface area contributed by atoms with Crippen molar-refractivity contribution in [1.29, 1.82) is 0 Å². The summed E-state index contributed by atoms with van der Waals surface area (Å²) in [5.41, 5.74) is 0.603. The Hall–Kier alpha value is -3.62. The predicted molar refractivity (Wildman–Crippen MR) is 230 cm³/mol. The average Bonchev–Trinajstić information content (AvgIpc) is 3.59. The number of methoxy groups -OCH3 is 1. The molecule has 0 spiro atoms. The lowest BCUT2D eigenvalue weighted by Gasteiger charge is -2.73. The highest BCUT2D eigenvalue weighted by Crippen LogP contribution is 2.77. The van der Waals surface area contributed by atoms with E-state index in [9.17, 15) is 19.5 Å². The van der Waals surface area contributed by atoms with Gasteiger partial charge in [-0.05, 0) is 155 Å². The third-order valence-electron chi connectivity index (χ3n) is 18.3. The molecule has 9 nitrogen and oxygen atoms in total. The van der Waals surface area contributed by atoms with Crippen molar-refractivity contribution in [2.24, 2.45) is 62.1 Å².